The maximum absolute atomic E-state index is 11.2. The molecule has 1 saturated carbocycles. The highest BCUT2D eigenvalue weighted by atomic mass is 16.5. The van der Waals surface area contributed by atoms with Crippen molar-refractivity contribution in [2.75, 3.05) is 32.8 Å². The SMILES string of the molecule is O=CC1(CN2CCOC(CO)C2)CCCC1. The second kappa shape index (κ2) is 5.25. The van der Waals surface area contributed by atoms with Gasteiger partial charge in [-0.15, -0.1) is 0 Å². The van der Waals surface area contributed by atoms with E-state index in [0.29, 0.717) is 6.61 Å². The molecule has 0 aromatic rings. The second-order valence-corrected chi connectivity index (χ2v) is 5.10. The maximum Gasteiger partial charge on any atom is 0.127 e. The molecule has 1 aliphatic heterocycles. The monoisotopic (exact) mass is 227 g/mol. The molecular weight excluding hydrogens is 206 g/mol. The largest absolute Gasteiger partial charge is 0.394 e. The van der Waals surface area contributed by atoms with Gasteiger partial charge in [-0.3, -0.25) is 4.90 Å². The van der Waals surface area contributed by atoms with E-state index in [1.54, 1.807) is 0 Å². The van der Waals surface area contributed by atoms with Crippen LogP contribution in [0.3, 0.4) is 0 Å². The lowest BCUT2D eigenvalue weighted by molar-refractivity contribution is -0.119. The van der Waals surface area contributed by atoms with Crippen LogP contribution in [0.25, 0.3) is 0 Å². The number of aldehydes is 1. The Balaban J connectivity index is 1.90. The Morgan fingerprint density at radius 1 is 1.44 bits per heavy atom. The Hall–Kier alpha value is -0.450. The third-order valence-corrected chi connectivity index (χ3v) is 3.81. The van der Waals surface area contributed by atoms with Crippen LogP contribution < -0.4 is 0 Å². The molecule has 0 amide bonds. The molecule has 0 aromatic heterocycles. The molecule has 1 unspecified atom stereocenters. The van der Waals surface area contributed by atoms with Crippen LogP contribution in [0.15, 0.2) is 0 Å². The quantitative estimate of drug-likeness (QED) is 0.708. The van der Waals surface area contributed by atoms with Crippen LogP contribution in [0.4, 0.5) is 0 Å². The van der Waals surface area contributed by atoms with Gasteiger partial charge >= 0.3 is 0 Å². The topological polar surface area (TPSA) is 49.8 Å². The summed E-state index contributed by atoms with van der Waals surface area (Å²) in [5.74, 6) is 0. The highest BCUT2D eigenvalue weighted by Crippen LogP contribution is 2.37. The van der Waals surface area contributed by atoms with Gasteiger partial charge in [0.15, 0.2) is 0 Å². The molecule has 2 rings (SSSR count). The molecule has 2 aliphatic rings. The Morgan fingerprint density at radius 3 is 2.81 bits per heavy atom. The van der Waals surface area contributed by atoms with E-state index in [2.05, 4.69) is 4.90 Å². The van der Waals surface area contributed by atoms with Gasteiger partial charge in [0.25, 0.3) is 0 Å². The number of hydrogen-bond donors (Lipinski definition) is 1. The number of morpholine rings is 1. The van der Waals surface area contributed by atoms with Crippen molar-refractivity contribution in [3.63, 3.8) is 0 Å². The van der Waals surface area contributed by atoms with Crippen LogP contribution in [0.2, 0.25) is 0 Å². The lowest BCUT2D eigenvalue weighted by Crippen LogP contribution is -2.48. The van der Waals surface area contributed by atoms with Crippen molar-refractivity contribution in [2.45, 2.75) is 31.8 Å². The number of carbonyl (C=O) groups is 1. The minimum Gasteiger partial charge on any atom is -0.394 e. The maximum atomic E-state index is 11.2. The summed E-state index contributed by atoms with van der Waals surface area (Å²) < 4.78 is 5.41. The summed E-state index contributed by atoms with van der Waals surface area (Å²) in [6.45, 7) is 3.22. The van der Waals surface area contributed by atoms with Gasteiger partial charge in [-0.2, -0.15) is 0 Å². The number of rotatable bonds is 4. The first-order chi connectivity index (χ1) is 7.78. The number of aliphatic hydroxyl groups excluding tert-OH is 1. The summed E-state index contributed by atoms with van der Waals surface area (Å²) in [7, 11) is 0. The van der Waals surface area contributed by atoms with Crippen molar-refractivity contribution in [1.82, 2.24) is 4.90 Å². The zero-order valence-electron chi connectivity index (χ0n) is 9.73. The standard InChI is InChI=1S/C12H21NO3/c14-8-11-7-13(5-6-16-11)9-12(10-15)3-1-2-4-12/h10-11,14H,1-9H2. The van der Waals surface area contributed by atoms with Gasteiger partial charge in [0.1, 0.15) is 6.29 Å². The molecule has 1 heterocycles. The molecule has 1 aliphatic carbocycles. The Kier molecular flexibility index (Phi) is 3.95. The molecule has 1 saturated heterocycles. The fourth-order valence-corrected chi connectivity index (χ4v) is 2.87. The van der Waals surface area contributed by atoms with E-state index in [9.17, 15) is 4.79 Å². The van der Waals surface area contributed by atoms with Crippen LogP contribution in [0, 0.1) is 5.41 Å². The number of ether oxygens (including phenoxy) is 1. The smallest absolute Gasteiger partial charge is 0.127 e. The van der Waals surface area contributed by atoms with E-state index < -0.39 is 0 Å². The van der Waals surface area contributed by atoms with Crippen LogP contribution in [0.5, 0.6) is 0 Å². The van der Waals surface area contributed by atoms with E-state index in [4.69, 9.17) is 9.84 Å². The number of aliphatic hydroxyl groups is 1. The average Bonchev–Trinajstić information content (AvgIpc) is 2.78. The van der Waals surface area contributed by atoms with Crippen molar-refractivity contribution in [3.05, 3.63) is 0 Å². The van der Waals surface area contributed by atoms with Gasteiger partial charge in [-0.05, 0) is 12.8 Å². The third kappa shape index (κ3) is 2.62. The van der Waals surface area contributed by atoms with Crippen LogP contribution >= 0.6 is 0 Å². The average molecular weight is 227 g/mol. The first-order valence-electron chi connectivity index (χ1n) is 6.19. The van der Waals surface area contributed by atoms with Gasteiger partial charge in [0, 0.05) is 25.0 Å². The van der Waals surface area contributed by atoms with Crippen molar-refractivity contribution in [3.8, 4) is 0 Å². The van der Waals surface area contributed by atoms with Crippen molar-refractivity contribution in [1.29, 1.82) is 0 Å². The van der Waals surface area contributed by atoms with Crippen LogP contribution in [-0.2, 0) is 9.53 Å². The summed E-state index contributed by atoms with van der Waals surface area (Å²) >= 11 is 0. The summed E-state index contributed by atoms with van der Waals surface area (Å²) in [6, 6.07) is 0. The Morgan fingerprint density at radius 2 is 2.19 bits per heavy atom. The number of hydrogen-bond acceptors (Lipinski definition) is 4. The van der Waals surface area contributed by atoms with E-state index in [-0.39, 0.29) is 18.1 Å². The fraction of sp³-hybridized carbons (Fsp3) is 0.917. The predicted octanol–water partition coefficient (Wildman–Crippen LogP) is 0.439. The first kappa shape index (κ1) is 12.0. The molecule has 0 spiro atoms. The molecular formula is C12H21NO3. The van der Waals surface area contributed by atoms with E-state index >= 15 is 0 Å². The highest BCUT2D eigenvalue weighted by molar-refractivity contribution is 5.60. The summed E-state index contributed by atoms with van der Waals surface area (Å²) in [4.78, 5) is 13.5. The molecule has 4 heteroatoms. The van der Waals surface area contributed by atoms with Crippen LogP contribution in [-0.4, -0.2) is 55.2 Å². The Labute approximate surface area is 96.6 Å². The van der Waals surface area contributed by atoms with Gasteiger partial charge in [-0.1, -0.05) is 12.8 Å². The third-order valence-electron chi connectivity index (χ3n) is 3.81. The fourth-order valence-electron chi connectivity index (χ4n) is 2.87. The minimum atomic E-state index is -0.114. The summed E-state index contributed by atoms with van der Waals surface area (Å²) in [6.07, 6.45) is 5.48. The Bertz CT molecular complexity index is 238. The van der Waals surface area contributed by atoms with Crippen molar-refractivity contribution < 1.29 is 14.6 Å². The van der Waals surface area contributed by atoms with Crippen LogP contribution in [0.1, 0.15) is 25.7 Å². The zero-order chi connectivity index (χ0) is 11.4. The summed E-state index contributed by atoms with van der Waals surface area (Å²) in [5.41, 5.74) is -0.114. The van der Waals surface area contributed by atoms with E-state index in [1.807, 2.05) is 0 Å². The minimum absolute atomic E-state index is 0.0705. The van der Waals surface area contributed by atoms with E-state index in [1.165, 1.54) is 12.8 Å². The lowest BCUT2D eigenvalue weighted by Gasteiger charge is -2.36. The molecule has 16 heavy (non-hydrogen) atoms. The molecule has 0 radical (unpaired) electrons. The van der Waals surface area contributed by atoms with Gasteiger partial charge in [0.05, 0.1) is 19.3 Å². The van der Waals surface area contributed by atoms with Gasteiger partial charge < -0.3 is 14.6 Å². The highest BCUT2D eigenvalue weighted by Gasteiger charge is 2.36. The first-order valence-corrected chi connectivity index (χ1v) is 6.19. The second-order valence-electron chi connectivity index (χ2n) is 5.10. The molecule has 0 bridgehead atoms. The van der Waals surface area contributed by atoms with Gasteiger partial charge in [0.2, 0.25) is 0 Å². The van der Waals surface area contributed by atoms with Crippen molar-refractivity contribution in [2.24, 2.45) is 5.41 Å². The molecule has 4 nitrogen and oxygen atoms in total. The number of carbonyl (C=O) groups excluding carboxylic acids is 1. The molecule has 1 N–H and O–H groups in total. The molecule has 2 fully saturated rings. The number of nitrogens with zero attached hydrogens (tertiary/aromatic N) is 1. The summed E-state index contributed by atoms with van der Waals surface area (Å²) in [5, 5.41) is 9.07. The molecule has 1 atom stereocenters. The van der Waals surface area contributed by atoms with Gasteiger partial charge in [-0.25, -0.2) is 0 Å². The normalized spacial score (nSPS) is 30.4. The van der Waals surface area contributed by atoms with E-state index in [0.717, 1.165) is 38.8 Å². The lowest BCUT2D eigenvalue weighted by atomic mass is 9.87. The van der Waals surface area contributed by atoms with Crippen molar-refractivity contribution >= 4 is 6.29 Å². The predicted molar refractivity (Wildman–Crippen MR) is 60.2 cm³/mol. The zero-order valence-corrected chi connectivity index (χ0v) is 9.73. The molecule has 92 valence electrons. The molecule has 0 aromatic carbocycles.